The van der Waals surface area contributed by atoms with Gasteiger partial charge in [0.2, 0.25) is 0 Å². The lowest BCUT2D eigenvalue weighted by atomic mass is 10.0. The van der Waals surface area contributed by atoms with E-state index >= 15 is 0 Å². The molecule has 6 heteroatoms. The third-order valence-electron chi connectivity index (χ3n) is 2.95. The van der Waals surface area contributed by atoms with Crippen molar-refractivity contribution in [1.82, 2.24) is 4.98 Å². The van der Waals surface area contributed by atoms with Crippen LogP contribution in [0, 0.1) is 6.92 Å². The summed E-state index contributed by atoms with van der Waals surface area (Å²) in [6, 6.07) is 2.04. The topological polar surface area (TPSA) is 59.0 Å². The lowest BCUT2D eigenvalue weighted by Crippen LogP contribution is -2.21. The zero-order valence-electron chi connectivity index (χ0n) is 10.1. The first-order valence-electron chi connectivity index (χ1n) is 5.96. The molecule has 0 aromatic carbocycles. The number of aryl methyl sites for hydroxylation is 1. The van der Waals surface area contributed by atoms with Crippen LogP contribution in [0.5, 0.6) is 0 Å². The largest absolute Gasteiger partial charge is 0.393 e. The zero-order chi connectivity index (χ0) is 12.5. The normalized spacial score (nSPS) is 23.4. The number of aromatic nitrogens is 1. The van der Waals surface area contributed by atoms with Crippen LogP contribution in [0.3, 0.4) is 0 Å². The predicted octanol–water partition coefficient (Wildman–Crippen LogP) is 2.09. The quantitative estimate of drug-likeness (QED) is 0.686. The van der Waals surface area contributed by atoms with Crippen molar-refractivity contribution in [2.24, 2.45) is 5.16 Å². The van der Waals surface area contributed by atoms with Crippen LogP contribution in [0.2, 0.25) is 0 Å². The molecule has 0 spiro atoms. The van der Waals surface area contributed by atoms with Crippen molar-refractivity contribution in [3.05, 3.63) is 21.8 Å². The number of anilines is 1. The number of fused-ring (bicyclic) bond motifs is 1. The van der Waals surface area contributed by atoms with E-state index in [0.717, 1.165) is 46.8 Å². The second-order valence-corrected chi connectivity index (χ2v) is 5.27. The van der Waals surface area contributed by atoms with Crippen molar-refractivity contribution in [3.8, 4) is 0 Å². The van der Waals surface area contributed by atoms with Crippen LogP contribution in [0.1, 0.15) is 17.7 Å². The van der Waals surface area contributed by atoms with Gasteiger partial charge >= 0.3 is 0 Å². The maximum absolute atomic E-state index is 5.32. The van der Waals surface area contributed by atoms with Crippen LogP contribution >= 0.6 is 15.9 Å². The highest BCUT2D eigenvalue weighted by Gasteiger charge is 2.24. The van der Waals surface area contributed by atoms with E-state index in [-0.39, 0.29) is 6.10 Å². The van der Waals surface area contributed by atoms with Crippen molar-refractivity contribution >= 4 is 27.5 Å². The Morgan fingerprint density at radius 3 is 3.28 bits per heavy atom. The molecule has 0 amide bonds. The molecule has 0 saturated carbocycles. The summed E-state index contributed by atoms with van der Waals surface area (Å²) in [5, 5.41) is 7.49. The molecule has 18 heavy (non-hydrogen) atoms. The van der Waals surface area contributed by atoms with E-state index in [1.807, 2.05) is 13.0 Å². The number of hydrogen-bond acceptors (Lipinski definition) is 5. The van der Waals surface area contributed by atoms with Crippen LogP contribution in [0.25, 0.3) is 0 Å². The van der Waals surface area contributed by atoms with E-state index in [1.165, 1.54) is 0 Å². The average Bonchev–Trinajstić information content (AvgIpc) is 3.15. The maximum atomic E-state index is 5.32. The molecule has 1 aromatic rings. The third kappa shape index (κ3) is 2.49. The highest BCUT2D eigenvalue weighted by Crippen LogP contribution is 2.26. The Kier molecular flexibility index (Phi) is 3.22. The van der Waals surface area contributed by atoms with E-state index < -0.39 is 0 Å². The molecule has 2 aliphatic rings. The molecule has 96 valence electrons. The molecular formula is C12H14BrN3O2. The van der Waals surface area contributed by atoms with Gasteiger partial charge in [-0.1, -0.05) is 5.16 Å². The number of oxime groups is 1. The smallest absolute Gasteiger partial charge is 0.145 e. The fourth-order valence-electron chi connectivity index (χ4n) is 1.83. The number of ether oxygens (including phenoxy) is 1. The molecule has 1 saturated heterocycles. The molecule has 1 atom stereocenters. The molecule has 1 aromatic heterocycles. The van der Waals surface area contributed by atoms with E-state index in [2.05, 4.69) is 31.4 Å². The van der Waals surface area contributed by atoms with E-state index in [0.29, 0.717) is 6.61 Å². The molecule has 3 heterocycles. The summed E-state index contributed by atoms with van der Waals surface area (Å²) in [6.45, 7) is 4.13. The molecule has 5 nitrogen and oxygen atoms in total. The third-order valence-corrected chi connectivity index (χ3v) is 3.76. The first-order chi connectivity index (χ1) is 8.74. The predicted molar refractivity (Wildman–Crippen MR) is 72.0 cm³/mol. The van der Waals surface area contributed by atoms with Crippen LogP contribution in [0.15, 0.2) is 15.7 Å². The first-order valence-corrected chi connectivity index (χ1v) is 6.75. The number of pyridine rings is 1. The number of hydrogen-bond donors (Lipinski definition) is 1. The second kappa shape index (κ2) is 4.85. The van der Waals surface area contributed by atoms with Gasteiger partial charge in [0.25, 0.3) is 0 Å². The molecule has 0 radical (unpaired) electrons. The molecule has 0 unspecified atom stereocenters. The van der Waals surface area contributed by atoms with Crippen molar-refractivity contribution < 1.29 is 9.57 Å². The summed E-state index contributed by atoms with van der Waals surface area (Å²) in [5.74, 6) is 0.881. The van der Waals surface area contributed by atoms with Gasteiger partial charge in [-0.05, 0) is 28.9 Å². The van der Waals surface area contributed by atoms with Gasteiger partial charge < -0.3 is 14.9 Å². The highest BCUT2D eigenvalue weighted by atomic mass is 79.9. The van der Waals surface area contributed by atoms with Crippen molar-refractivity contribution in [2.45, 2.75) is 19.4 Å². The Bertz CT molecular complexity index is 500. The number of nitrogens with zero attached hydrogens (tertiary/aromatic N) is 2. The fourth-order valence-corrected chi connectivity index (χ4v) is 2.14. The highest BCUT2D eigenvalue weighted by molar-refractivity contribution is 9.10. The lowest BCUT2D eigenvalue weighted by Gasteiger charge is -2.19. The van der Waals surface area contributed by atoms with E-state index in [1.54, 1.807) is 0 Å². The minimum atomic E-state index is 0.235. The van der Waals surface area contributed by atoms with Gasteiger partial charge in [0.1, 0.15) is 18.5 Å². The van der Waals surface area contributed by atoms with Gasteiger partial charge in [-0.2, -0.15) is 0 Å². The van der Waals surface area contributed by atoms with Crippen LogP contribution in [-0.2, 0) is 9.57 Å². The van der Waals surface area contributed by atoms with Gasteiger partial charge in [-0.25, -0.2) is 4.98 Å². The summed E-state index contributed by atoms with van der Waals surface area (Å²) < 4.78 is 6.06. The van der Waals surface area contributed by atoms with Crippen LogP contribution < -0.4 is 5.32 Å². The van der Waals surface area contributed by atoms with Crippen LogP contribution in [-0.4, -0.2) is 36.6 Å². The summed E-state index contributed by atoms with van der Waals surface area (Å²) in [5.41, 5.74) is 2.92. The summed E-state index contributed by atoms with van der Waals surface area (Å²) in [6.07, 6.45) is 1.08. The molecule has 1 N–H and O–H groups in total. The summed E-state index contributed by atoms with van der Waals surface area (Å²) >= 11 is 3.50. The van der Waals surface area contributed by atoms with Crippen molar-refractivity contribution in [1.29, 1.82) is 0 Å². The molecule has 3 rings (SSSR count). The monoisotopic (exact) mass is 311 g/mol. The zero-order valence-corrected chi connectivity index (χ0v) is 11.7. The number of nitrogens with one attached hydrogen (secondary N) is 1. The Hall–Kier alpha value is -1.14. The SMILES string of the molecule is Cc1nc2c(cc1Br)/C(=N/OC[C@@H]1CO1)CCN2. The lowest BCUT2D eigenvalue weighted by molar-refractivity contribution is 0.124. The number of epoxide rings is 1. The van der Waals surface area contributed by atoms with Crippen molar-refractivity contribution in [3.63, 3.8) is 0 Å². The summed E-state index contributed by atoms with van der Waals surface area (Å²) in [4.78, 5) is 9.82. The number of rotatable bonds is 3. The van der Waals surface area contributed by atoms with Crippen LogP contribution in [0.4, 0.5) is 5.82 Å². The molecule has 2 aliphatic heterocycles. The van der Waals surface area contributed by atoms with Gasteiger partial charge in [-0.15, -0.1) is 0 Å². The molecule has 0 bridgehead atoms. The Morgan fingerprint density at radius 1 is 1.67 bits per heavy atom. The number of halogens is 1. The Balaban J connectivity index is 1.83. The van der Waals surface area contributed by atoms with Gasteiger partial charge in [0, 0.05) is 23.0 Å². The fraction of sp³-hybridized carbons (Fsp3) is 0.500. The first kappa shape index (κ1) is 11.9. The maximum Gasteiger partial charge on any atom is 0.145 e. The average molecular weight is 312 g/mol. The van der Waals surface area contributed by atoms with E-state index in [9.17, 15) is 0 Å². The Labute approximate surface area is 114 Å². The molecular weight excluding hydrogens is 298 g/mol. The van der Waals surface area contributed by atoms with Gasteiger partial charge in [0.05, 0.1) is 18.0 Å². The minimum Gasteiger partial charge on any atom is -0.393 e. The second-order valence-electron chi connectivity index (χ2n) is 4.42. The Morgan fingerprint density at radius 2 is 2.50 bits per heavy atom. The summed E-state index contributed by atoms with van der Waals surface area (Å²) in [7, 11) is 0. The molecule has 0 aliphatic carbocycles. The van der Waals surface area contributed by atoms with Crippen molar-refractivity contribution in [2.75, 3.05) is 25.1 Å². The van der Waals surface area contributed by atoms with Gasteiger partial charge in [-0.3, -0.25) is 0 Å². The van der Waals surface area contributed by atoms with E-state index in [4.69, 9.17) is 9.57 Å². The minimum absolute atomic E-state index is 0.235. The molecule has 1 fully saturated rings. The van der Waals surface area contributed by atoms with Gasteiger partial charge in [0.15, 0.2) is 0 Å². The standard InChI is InChI=1S/C12H14BrN3O2/c1-7-10(13)4-9-11(2-3-14-12(9)15-7)16-18-6-8-5-17-8/h4,8H,2-3,5-6H2,1H3,(H,14,15)/b16-11+/t8-/m0/s1.